The highest BCUT2D eigenvalue weighted by Crippen LogP contribution is 2.30. The monoisotopic (exact) mass is 382 g/mol. The Hall–Kier alpha value is -3.68. The van der Waals surface area contributed by atoms with Crippen molar-refractivity contribution in [1.82, 2.24) is 14.8 Å². The van der Waals surface area contributed by atoms with E-state index in [9.17, 15) is 18.0 Å². The van der Waals surface area contributed by atoms with E-state index in [1.54, 1.807) is 48.8 Å². The van der Waals surface area contributed by atoms with Gasteiger partial charge in [-0.3, -0.25) is 9.78 Å². The van der Waals surface area contributed by atoms with Crippen LogP contribution < -0.4 is 5.32 Å². The number of rotatable bonds is 3. The predicted molar refractivity (Wildman–Crippen MR) is 98.3 cm³/mol. The van der Waals surface area contributed by atoms with Crippen molar-refractivity contribution in [2.45, 2.75) is 6.18 Å². The lowest BCUT2D eigenvalue weighted by atomic mass is 10.2. The Kier molecular flexibility index (Phi) is 4.31. The maximum Gasteiger partial charge on any atom is 0.416 e. The minimum absolute atomic E-state index is 0.298. The first-order valence-electron chi connectivity index (χ1n) is 8.28. The van der Waals surface area contributed by atoms with Crippen LogP contribution >= 0.6 is 0 Å². The lowest BCUT2D eigenvalue weighted by Crippen LogP contribution is -2.11. The van der Waals surface area contributed by atoms with Crippen molar-refractivity contribution in [3.05, 3.63) is 84.3 Å². The Morgan fingerprint density at radius 2 is 1.89 bits per heavy atom. The minimum atomic E-state index is -4.42. The molecule has 0 saturated heterocycles. The standard InChI is InChI=1S/C20H13F3N4O/c21-20(22,23)15-4-1-5-17(10-15)27-12-14-9-16(6-7-18(14)26-27)25-19(28)13-3-2-8-24-11-13/h1-12H,(H,25,28). The summed E-state index contributed by atoms with van der Waals surface area (Å²) in [6.45, 7) is 0. The quantitative estimate of drug-likeness (QED) is 0.559. The molecule has 8 heteroatoms. The summed E-state index contributed by atoms with van der Waals surface area (Å²) in [6.07, 6.45) is 0.224. The average molecular weight is 382 g/mol. The molecule has 0 aliphatic heterocycles. The van der Waals surface area contributed by atoms with Crippen LogP contribution in [-0.4, -0.2) is 20.7 Å². The third-order valence-corrected chi connectivity index (χ3v) is 4.12. The number of nitrogens with one attached hydrogen (secondary N) is 1. The third-order valence-electron chi connectivity index (χ3n) is 4.12. The number of benzene rings is 2. The molecule has 2 aromatic carbocycles. The molecule has 0 radical (unpaired) electrons. The van der Waals surface area contributed by atoms with Crippen LogP contribution in [-0.2, 0) is 6.18 Å². The first-order chi connectivity index (χ1) is 13.4. The van der Waals surface area contributed by atoms with Gasteiger partial charge in [0.15, 0.2) is 0 Å². The molecule has 1 N–H and O–H groups in total. The summed E-state index contributed by atoms with van der Waals surface area (Å²) in [4.78, 5) is 16.1. The fraction of sp³-hybridized carbons (Fsp3) is 0.0500. The predicted octanol–water partition coefficient (Wildman–Crippen LogP) is 4.69. The lowest BCUT2D eigenvalue weighted by Gasteiger charge is -2.08. The SMILES string of the molecule is O=C(Nc1ccc2nn(-c3cccc(C(F)(F)F)c3)cc2c1)c1cccnc1. The number of carbonyl (C=O) groups excluding carboxylic acids is 1. The molecular weight excluding hydrogens is 369 g/mol. The molecule has 4 aromatic rings. The molecule has 2 heterocycles. The molecule has 0 saturated carbocycles. The van der Waals surface area contributed by atoms with Crippen molar-refractivity contribution in [3.63, 3.8) is 0 Å². The molecule has 140 valence electrons. The number of carbonyl (C=O) groups is 1. The van der Waals surface area contributed by atoms with Crippen LogP contribution in [0, 0.1) is 0 Å². The zero-order valence-corrected chi connectivity index (χ0v) is 14.3. The number of amides is 1. The molecule has 0 bridgehead atoms. The average Bonchev–Trinajstić information content (AvgIpc) is 3.11. The highest BCUT2D eigenvalue weighted by molar-refractivity contribution is 6.04. The highest BCUT2D eigenvalue weighted by Gasteiger charge is 2.30. The van der Waals surface area contributed by atoms with Crippen molar-refractivity contribution < 1.29 is 18.0 Å². The molecule has 1 amide bonds. The van der Waals surface area contributed by atoms with Crippen LogP contribution in [0.2, 0.25) is 0 Å². The molecule has 0 unspecified atom stereocenters. The molecule has 28 heavy (non-hydrogen) atoms. The lowest BCUT2D eigenvalue weighted by molar-refractivity contribution is -0.137. The van der Waals surface area contributed by atoms with Gasteiger partial charge in [0, 0.05) is 29.7 Å². The number of pyridine rings is 1. The molecule has 2 aromatic heterocycles. The number of hydrogen-bond donors (Lipinski definition) is 1. The van der Waals surface area contributed by atoms with Crippen LogP contribution in [0.3, 0.4) is 0 Å². The van der Waals surface area contributed by atoms with E-state index in [0.29, 0.717) is 27.8 Å². The van der Waals surface area contributed by atoms with Crippen molar-refractivity contribution in [2.75, 3.05) is 5.32 Å². The third kappa shape index (κ3) is 3.57. The summed E-state index contributed by atoms with van der Waals surface area (Å²) in [5, 5.41) is 7.76. The van der Waals surface area contributed by atoms with Gasteiger partial charge in [-0.15, -0.1) is 0 Å². The van der Waals surface area contributed by atoms with E-state index in [-0.39, 0.29) is 5.91 Å². The van der Waals surface area contributed by atoms with Gasteiger partial charge in [-0.25, -0.2) is 4.68 Å². The van der Waals surface area contributed by atoms with Crippen LogP contribution in [0.4, 0.5) is 18.9 Å². The summed E-state index contributed by atoms with van der Waals surface area (Å²) in [7, 11) is 0. The van der Waals surface area contributed by atoms with E-state index in [2.05, 4.69) is 15.4 Å². The number of alkyl halides is 3. The van der Waals surface area contributed by atoms with E-state index >= 15 is 0 Å². The molecular formula is C20H13F3N4O. The summed E-state index contributed by atoms with van der Waals surface area (Å²) in [6, 6.07) is 13.3. The highest BCUT2D eigenvalue weighted by atomic mass is 19.4. The Labute approximate surface area is 157 Å². The smallest absolute Gasteiger partial charge is 0.322 e. The second-order valence-corrected chi connectivity index (χ2v) is 6.09. The Morgan fingerprint density at radius 1 is 1.04 bits per heavy atom. The normalized spacial score (nSPS) is 11.5. The maximum absolute atomic E-state index is 12.9. The van der Waals surface area contributed by atoms with Crippen molar-refractivity contribution in [2.24, 2.45) is 0 Å². The largest absolute Gasteiger partial charge is 0.416 e. The van der Waals surface area contributed by atoms with Gasteiger partial charge in [-0.1, -0.05) is 6.07 Å². The van der Waals surface area contributed by atoms with E-state index in [1.807, 2.05) is 0 Å². The molecule has 5 nitrogen and oxygen atoms in total. The topological polar surface area (TPSA) is 59.8 Å². The van der Waals surface area contributed by atoms with Crippen LogP contribution in [0.15, 0.2) is 73.2 Å². The second kappa shape index (κ2) is 6.80. The van der Waals surface area contributed by atoms with Crippen molar-refractivity contribution >= 4 is 22.5 Å². The van der Waals surface area contributed by atoms with Gasteiger partial charge < -0.3 is 5.32 Å². The van der Waals surface area contributed by atoms with Crippen LogP contribution in [0.1, 0.15) is 15.9 Å². The first-order valence-corrected chi connectivity index (χ1v) is 8.28. The van der Waals surface area contributed by atoms with Crippen molar-refractivity contribution in [3.8, 4) is 5.69 Å². The summed E-state index contributed by atoms with van der Waals surface area (Å²) < 4.78 is 40.2. The van der Waals surface area contributed by atoms with Gasteiger partial charge in [-0.2, -0.15) is 18.3 Å². The molecule has 0 aliphatic rings. The van der Waals surface area contributed by atoms with E-state index in [0.717, 1.165) is 12.1 Å². The van der Waals surface area contributed by atoms with Gasteiger partial charge in [0.25, 0.3) is 5.91 Å². The van der Waals surface area contributed by atoms with Crippen LogP contribution in [0.5, 0.6) is 0 Å². The number of anilines is 1. The van der Waals surface area contributed by atoms with E-state index in [1.165, 1.54) is 16.9 Å². The fourth-order valence-electron chi connectivity index (χ4n) is 2.76. The van der Waals surface area contributed by atoms with E-state index in [4.69, 9.17) is 0 Å². The fourth-order valence-corrected chi connectivity index (χ4v) is 2.76. The Morgan fingerprint density at radius 3 is 2.64 bits per heavy atom. The molecule has 0 atom stereocenters. The molecule has 0 fully saturated rings. The number of hydrogen-bond acceptors (Lipinski definition) is 3. The number of nitrogens with zero attached hydrogens (tertiary/aromatic N) is 3. The number of fused-ring (bicyclic) bond motifs is 1. The molecule has 0 aliphatic carbocycles. The van der Waals surface area contributed by atoms with Crippen LogP contribution in [0.25, 0.3) is 16.6 Å². The van der Waals surface area contributed by atoms with Gasteiger partial charge in [0.05, 0.1) is 22.3 Å². The molecule has 4 rings (SSSR count). The maximum atomic E-state index is 12.9. The van der Waals surface area contributed by atoms with Gasteiger partial charge in [0.2, 0.25) is 0 Å². The van der Waals surface area contributed by atoms with Gasteiger partial charge in [-0.05, 0) is 48.5 Å². The Bertz CT molecular complexity index is 1150. The van der Waals surface area contributed by atoms with Gasteiger partial charge >= 0.3 is 6.18 Å². The second-order valence-electron chi connectivity index (χ2n) is 6.09. The summed E-state index contributed by atoms with van der Waals surface area (Å²) >= 11 is 0. The number of aromatic nitrogens is 3. The zero-order valence-electron chi connectivity index (χ0n) is 14.3. The molecule has 0 spiro atoms. The summed E-state index contributed by atoms with van der Waals surface area (Å²) in [5.41, 5.74) is 1.12. The Balaban J connectivity index is 1.63. The van der Waals surface area contributed by atoms with Crippen molar-refractivity contribution in [1.29, 1.82) is 0 Å². The number of halogens is 3. The van der Waals surface area contributed by atoms with E-state index < -0.39 is 11.7 Å². The summed E-state index contributed by atoms with van der Waals surface area (Å²) in [5.74, 6) is -0.308. The first kappa shape index (κ1) is 17.7. The zero-order chi connectivity index (χ0) is 19.7. The minimum Gasteiger partial charge on any atom is -0.322 e. The van der Waals surface area contributed by atoms with Gasteiger partial charge in [0.1, 0.15) is 0 Å².